The molecule has 0 aliphatic rings. The molecular weight excluding hydrogens is 146 g/mol. The van der Waals surface area contributed by atoms with E-state index in [0.29, 0.717) is 6.29 Å². The molecular formula is C7H5NO3. The summed E-state index contributed by atoms with van der Waals surface area (Å²) in [6.07, 6.45) is 1.97. The first kappa shape index (κ1) is 7.40. The van der Waals surface area contributed by atoms with Crippen LogP contribution in [0.5, 0.6) is 5.75 Å². The predicted octanol–water partition coefficient (Wildman–Crippen LogP) is 0.429. The van der Waals surface area contributed by atoms with Gasteiger partial charge < -0.3 is 4.74 Å². The van der Waals surface area contributed by atoms with Crippen LogP contribution in [0.4, 0.5) is 0 Å². The van der Waals surface area contributed by atoms with Gasteiger partial charge in [0.05, 0.1) is 0 Å². The molecule has 0 N–H and O–H groups in total. The van der Waals surface area contributed by atoms with E-state index >= 15 is 0 Å². The number of aldehydes is 1. The van der Waals surface area contributed by atoms with E-state index in [9.17, 15) is 9.59 Å². The molecule has 0 saturated carbocycles. The molecule has 4 nitrogen and oxygen atoms in total. The van der Waals surface area contributed by atoms with Crippen LogP contribution in [0.3, 0.4) is 0 Å². The zero-order valence-corrected chi connectivity index (χ0v) is 5.56. The Hall–Kier alpha value is -1.71. The topological polar surface area (TPSA) is 56.3 Å². The molecule has 1 rings (SSSR count). The summed E-state index contributed by atoms with van der Waals surface area (Å²) >= 11 is 0. The molecule has 0 saturated heterocycles. The largest absolute Gasteiger partial charge is 0.426 e. The normalized spacial score (nSPS) is 8.73. The summed E-state index contributed by atoms with van der Waals surface area (Å²) in [5, 5.41) is 0. The van der Waals surface area contributed by atoms with E-state index in [4.69, 9.17) is 0 Å². The molecule has 1 aromatic rings. The lowest BCUT2D eigenvalue weighted by atomic mass is 10.3. The quantitative estimate of drug-likeness (QED) is 0.588. The van der Waals surface area contributed by atoms with Crippen molar-refractivity contribution >= 4 is 12.8 Å². The molecule has 0 amide bonds. The maximum Gasteiger partial charge on any atom is 0.298 e. The molecule has 4 heteroatoms. The van der Waals surface area contributed by atoms with Crippen LogP contribution in [0.2, 0.25) is 0 Å². The van der Waals surface area contributed by atoms with Crippen LogP contribution in [-0.2, 0) is 4.79 Å². The van der Waals surface area contributed by atoms with Gasteiger partial charge in [0.1, 0.15) is 5.69 Å². The van der Waals surface area contributed by atoms with Crippen LogP contribution in [0.25, 0.3) is 0 Å². The molecule has 0 bridgehead atoms. The van der Waals surface area contributed by atoms with Gasteiger partial charge in [-0.15, -0.1) is 0 Å². The van der Waals surface area contributed by atoms with Crippen LogP contribution in [0.1, 0.15) is 10.5 Å². The van der Waals surface area contributed by atoms with E-state index in [1.807, 2.05) is 0 Å². The highest BCUT2D eigenvalue weighted by Gasteiger charge is 2.00. The molecule has 0 aliphatic carbocycles. The predicted molar refractivity (Wildman–Crippen MR) is 36.3 cm³/mol. The third kappa shape index (κ3) is 1.61. The van der Waals surface area contributed by atoms with E-state index in [0.717, 1.165) is 0 Å². The van der Waals surface area contributed by atoms with Gasteiger partial charge in [-0.05, 0) is 12.1 Å². The second kappa shape index (κ2) is 3.46. The van der Waals surface area contributed by atoms with Crippen molar-refractivity contribution in [2.24, 2.45) is 0 Å². The number of hydrogen-bond donors (Lipinski definition) is 0. The second-order valence-corrected chi connectivity index (χ2v) is 1.72. The van der Waals surface area contributed by atoms with E-state index in [1.165, 1.54) is 12.3 Å². The monoisotopic (exact) mass is 151 g/mol. The molecule has 11 heavy (non-hydrogen) atoms. The Morgan fingerprint density at radius 3 is 2.91 bits per heavy atom. The average molecular weight is 151 g/mol. The molecule has 0 aliphatic heterocycles. The molecule has 0 unspecified atom stereocenters. The highest BCUT2D eigenvalue weighted by atomic mass is 16.5. The van der Waals surface area contributed by atoms with Crippen molar-refractivity contribution in [2.45, 2.75) is 0 Å². The number of carbonyl (C=O) groups excluding carboxylic acids is 2. The Bertz CT molecular complexity index is 272. The zero-order valence-electron chi connectivity index (χ0n) is 5.56. The van der Waals surface area contributed by atoms with Crippen molar-refractivity contribution in [2.75, 3.05) is 0 Å². The number of nitrogens with zero attached hydrogens (tertiary/aromatic N) is 1. The van der Waals surface area contributed by atoms with E-state index in [2.05, 4.69) is 9.72 Å². The fourth-order valence-electron chi connectivity index (χ4n) is 0.643. The highest BCUT2D eigenvalue weighted by molar-refractivity contribution is 5.76. The number of rotatable bonds is 3. The first-order valence-electron chi connectivity index (χ1n) is 2.89. The Morgan fingerprint density at radius 2 is 2.27 bits per heavy atom. The number of ether oxygens (including phenoxy) is 1. The van der Waals surface area contributed by atoms with Crippen LogP contribution < -0.4 is 4.74 Å². The minimum atomic E-state index is 0.125. The minimum Gasteiger partial charge on any atom is -0.426 e. The highest BCUT2D eigenvalue weighted by Crippen LogP contribution is 2.11. The Morgan fingerprint density at radius 1 is 1.45 bits per heavy atom. The van der Waals surface area contributed by atoms with Crippen LogP contribution in [0.15, 0.2) is 18.3 Å². The Kier molecular flexibility index (Phi) is 2.32. The number of carbonyl (C=O) groups is 2. The van der Waals surface area contributed by atoms with Crippen molar-refractivity contribution < 1.29 is 14.3 Å². The molecule has 0 radical (unpaired) electrons. The smallest absolute Gasteiger partial charge is 0.298 e. The number of aromatic nitrogens is 1. The maximum absolute atomic E-state index is 10.2. The second-order valence-electron chi connectivity index (χ2n) is 1.72. The van der Waals surface area contributed by atoms with Crippen molar-refractivity contribution in [3.8, 4) is 5.75 Å². The summed E-state index contributed by atoms with van der Waals surface area (Å²) in [5.41, 5.74) is 0.125. The average Bonchev–Trinajstić information content (AvgIpc) is 2.06. The Labute approximate surface area is 62.8 Å². The lowest BCUT2D eigenvalue weighted by Gasteiger charge is -1.97. The summed E-state index contributed by atoms with van der Waals surface area (Å²) in [5.74, 6) is 0.178. The van der Waals surface area contributed by atoms with Crippen molar-refractivity contribution in [3.05, 3.63) is 24.0 Å². The molecule has 0 atom stereocenters. The van der Waals surface area contributed by atoms with Gasteiger partial charge in [-0.25, -0.2) is 4.98 Å². The van der Waals surface area contributed by atoms with Gasteiger partial charge in [0, 0.05) is 6.20 Å². The van der Waals surface area contributed by atoms with Gasteiger partial charge in [0.25, 0.3) is 6.47 Å². The van der Waals surface area contributed by atoms with Gasteiger partial charge in [0.15, 0.2) is 12.0 Å². The van der Waals surface area contributed by atoms with Crippen molar-refractivity contribution in [1.82, 2.24) is 4.98 Å². The third-order valence-corrected chi connectivity index (χ3v) is 1.09. The minimum absolute atomic E-state index is 0.125. The lowest BCUT2D eigenvalue weighted by Crippen LogP contribution is -1.95. The summed E-state index contributed by atoms with van der Waals surface area (Å²) in [6, 6.07) is 3.07. The van der Waals surface area contributed by atoms with E-state index in [1.54, 1.807) is 6.07 Å². The summed E-state index contributed by atoms with van der Waals surface area (Å²) in [4.78, 5) is 23.8. The number of pyridine rings is 1. The maximum atomic E-state index is 10.2. The molecule has 56 valence electrons. The molecule has 0 spiro atoms. The SMILES string of the molecule is O=COc1cccnc1C=O. The fraction of sp³-hybridized carbons (Fsp3) is 0. The third-order valence-electron chi connectivity index (χ3n) is 1.09. The Balaban J connectivity index is 3.01. The van der Waals surface area contributed by atoms with Gasteiger partial charge >= 0.3 is 0 Å². The first-order chi connectivity index (χ1) is 5.38. The molecule has 1 aromatic heterocycles. The van der Waals surface area contributed by atoms with Crippen LogP contribution >= 0.6 is 0 Å². The van der Waals surface area contributed by atoms with E-state index < -0.39 is 0 Å². The van der Waals surface area contributed by atoms with Crippen LogP contribution in [-0.4, -0.2) is 17.7 Å². The lowest BCUT2D eigenvalue weighted by molar-refractivity contribution is -0.120. The molecule has 0 aromatic carbocycles. The van der Waals surface area contributed by atoms with Gasteiger partial charge in [0.2, 0.25) is 0 Å². The fourth-order valence-corrected chi connectivity index (χ4v) is 0.643. The van der Waals surface area contributed by atoms with Crippen LogP contribution in [0, 0.1) is 0 Å². The summed E-state index contributed by atoms with van der Waals surface area (Å²) in [6.45, 7) is 0.254. The first-order valence-corrected chi connectivity index (χ1v) is 2.89. The zero-order chi connectivity index (χ0) is 8.10. The summed E-state index contributed by atoms with van der Waals surface area (Å²) in [7, 11) is 0. The van der Waals surface area contributed by atoms with Gasteiger partial charge in [-0.2, -0.15) is 0 Å². The number of hydrogen-bond acceptors (Lipinski definition) is 4. The summed E-state index contributed by atoms with van der Waals surface area (Å²) < 4.78 is 4.45. The van der Waals surface area contributed by atoms with Crippen molar-refractivity contribution in [3.63, 3.8) is 0 Å². The molecule has 0 fully saturated rings. The standard InChI is InChI=1S/C7H5NO3/c9-4-6-7(11-5-10)2-1-3-8-6/h1-5H. The molecule has 1 heterocycles. The van der Waals surface area contributed by atoms with Gasteiger partial charge in [-0.1, -0.05) is 0 Å². The van der Waals surface area contributed by atoms with Crippen molar-refractivity contribution in [1.29, 1.82) is 0 Å². The van der Waals surface area contributed by atoms with Gasteiger partial charge in [-0.3, -0.25) is 9.59 Å². The van der Waals surface area contributed by atoms with E-state index in [-0.39, 0.29) is 17.9 Å².